The molecule has 1 aromatic heterocycles. The second kappa shape index (κ2) is 4.31. The summed E-state index contributed by atoms with van der Waals surface area (Å²) in [7, 11) is 1.26. The number of nitroso groups, excluding NO2 is 1. The van der Waals surface area contributed by atoms with Crippen LogP contribution in [0.3, 0.4) is 0 Å². The average molecular weight is 226 g/mol. The number of thiophene rings is 1. The maximum Gasteiger partial charge on any atom is 0.278 e. The molecule has 1 rings (SSSR count). The molecule has 0 atom stereocenters. The molecule has 0 spiro atoms. The number of amides is 1. The van der Waals surface area contributed by atoms with E-state index >= 15 is 0 Å². The van der Waals surface area contributed by atoms with Crippen molar-refractivity contribution < 1.29 is 9.59 Å². The summed E-state index contributed by atoms with van der Waals surface area (Å²) in [5.41, 5.74) is 0.618. The number of nitrogens with zero attached hydrogens (tertiary/aromatic N) is 2. The molecular weight excluding hydrogens is 216 g/mol. The molecule has 0 saturated heterocycles. The number of carbonyl (C=O) groups excluding carboxylic acids is 2. The largest absolute Gasteiger partial charge is 0.298 e. The first-order chi connectivity index (χ1) is 7.02. The van der Waals surface area contributed by atoms with Gasteiger partial charge in [-0.3, -0.25) is 9.59 Å². The smallest absolute Gasteiger partial charge is 0.278 e. The van der Waals surface area contributed by atoms with Gasteiger partial charge < -0.3 is 0 Å². The van der Waals surface area contributed by atoms with E-state index in [0.717, 1.165) is 9.75 Å². The second-order valence-electron chi connectivity index (χ2n) is 3.03. The van der Waals surface area contributed by atoms with E-state index in [2.05, 4.69) is 5.29 Å². The molecular formula is C9H10N2O3S. The zero-order valence-corrected chi connectivity index (χ0v) is 9.42. The third kappa shape index (κ3) is 1.94. The zero-order chi connectivity index (χ0) is 11.6. The molecule has 0 aliphatic heterocycles. The Bertz CT molecular complexity index is 425. The third-order valence-corrected chi connectivity index (χ3v) is 3.09. The Kier molecular flexibility index (Phi) is 3.31. The molecule has 0 unspecified atom stereocenters. The summed E-state index contributed by atoms with van der Waals surface area (Å²) in [6, 6.07) is 0. The normalized spacial score (nSPS) is 9.80. The lowest BCUT2D eigenvalue weighted by molar-refractivity contribution is 0.0793. The van der Waals surface area contributed by atoms with E-state index in [9.17, 15) is 14.5 Å². The monoisotopic (exact) mass is 226 g/mol. The minimum atomic E-state index is -0.547. The molecule has 0 aliphatic carbocycles. The quantitative estimate of drug-likeness (QED) is 0.449. The first-order valence-corrected chi connectivity index (χ1v) is 5.01. The minimum Gasteiger partial charge on any atom is -0.298 e. The van der Waals surface area contributed by atoms with Crippen molar-refractivity contribution in [2.75, 3.05) is 7.05 Å². The van der Waals surface area contributed by atoms with Crippen molar-refractivity contribution in [1.82, 2.24) is 5.01 Å². The molecule has 0 fully saturated rings. The van der Waals surface area contributed by atoms with Gasteiger partial charge in [0.25, 0.3) is 5.91 Å². The van der Waals surface area contributed by atoms with Gasteiger partial charge in [-0.2, -0.15) is 5.01 Å². The van der Waals surface area contributed by atoms with Crippen LogP contribution in [0.4, 0.5) is 0 Å². The molecule has 1 aromatic rings. The van der Waals surface area contributed by atoms with Gasteiger partial charge >= 0.3 is 0 Å². The van der Waals surface area contributed by atoms with E-state index in [1.807, 2.05) is 0 Å². The predicted molar refractivity (Wildman–Crippen MR) is 57.1 cm³/mol. The van der Waals surface area contributed by atoms with Gasteiger partial charge in [0.2, 0.25) is 0 Å². The molecule has 1 heterocycles. The molecule has 0 radical (unpaired) electrons. The fourth-order valence-corrected chi connectivity index (χ4v) is 2.33. The van der Waals surface area contributed by atoms with Gasteiger partial charge in [0.05, 0.1) is 10.8 Å². The van der Waals surface area contributed by atoms with Crippen molar-refractivity contribution in [3.05, 3.63) is 25.8 Å². The molecule has 15 heavy (non-hydrogen) atoms. The molecule has 1 amide bonds. The highest BCUT2D eigenvalue weighted by atomic mass is 32.1. The van der Waals surface area contributed by atoms with E-state index in [4.69, 9.17) is 0 Å². The summed E-state index contributed by atoms with van der Waals surface area (Å²) in [5.74, 6) is -0.547. The van der Waals surface area contributed by atoms with Crippen LogP contribution in [0, 0.1) is 18.8 Å². The molecule has 0 aliphatic rings. The lowest BCUT2D eigenvalue weighted by Crippen LogP contribution is -2.21. The average Bonchev–Trinajstić information content (AvgIpc) is 2.50. The van der Waals surface area contributed by atoms with E-state index in [1.54, 1.807) is 13.8 Å². The van der Waals surface area contributed by atoms with Gasteiger partial charge in [0.1, 0.15) is 0 Å². The highest BCUT2D eigenvalue weighted by Crippen LogP contribution is 2.26. The Hall–Kier alpha value is -1.56. The Balaban J connectivity index is 3.29. The topological polar surface area (TPSA) is 66.8 Å². The SMILES string of the molecule is Cc1sc(C)c(C(=O)N(C)N=O)c1C=O. The molecule has 0 bridgehead atoms. The van der Waals surface area contributed by atoms with E-state index < -0.39 is 5.91 Å². The number of hydrogen-bond acceptors (Lipinski definition) is 5. The summed E-state index contributed by atoms with van der Waals surface area (Å²) in [6.07, 6.45) is 0.630. The Morgan fingerprint density at radius 3 is 2.47 bits per heavy atom. The summed E-state index contributed by atoms with van der Waals surface area (Å²) in [5, 5.41) is 3.20. The van der Waals surface area contributed by atoms with Crippen molar-refractivity contribution in [1.29, 1.82) is 0 Å². The minimum absolute atomic E-state index is 0.273. The van der Waals surface area contributed by atoms with Crippen LogP contribution in [-0.4, -0.2) is 24.2 Å². The number of aldehydes is 1. The molecule has 0 N–H and O–H groups in total. The number of rotatable bonds is 3. The molecule has 6 heteroatoms. The first-order valence-electron chi connectivity index (χ1n) is 4.19. The van der Waals surface area contributed by atoms with Crippen LogP contribution in [0.15, 0.2) is 5.29 Å². The van der Waals surface area contributed by atoms with E-state index in [0.29, 0.717) is 16.9 Å². The van der Waals surface area contributed by atoms with Crippen LogP contribution in [0.2, 0.25) is 0 Å². The Morgan fingerprint density at radius 2 is 2.00 bits per heavy atom. The zero-order valence-electron chi connectivity index (χ0n) is 8.60. The van der Waals surface area contributed by atoms with Gasteiger partial charge in [-0.05, 0) is 13.8 Å². The van der Waals surface area contributed by atoms with Gasteiger partial charge in [0.15, 0.2) is 6.29 Å². The molecule has 5 nitrogen and oxygen atoms in total. The van der Waals surface area contributed by atoms with Gasteiger partial charge in [-0.25, -0.2) is 0 Å². The maximum absolute atomic E-state index is 11.7. The van der Waals surface area contributed by atoms with Crippen molar-refractivity contribution in [2.45, 2.75) is 13.8 Å². The standard InChI is InChI=1S/C9H10N2O3S/c1-5-7(4-12)8(6(2)15-5)9(13)11(3)10-14/h4H,1-3H3. The second-order valence-corrected chi connectivity index (χ2v) is 4.46. The van der Waals surface area contributed by atoms with Crippen LogP contribution in [-0.2, 0) is 0 Å². The fraction of sp³-hybridized carbons (Fsp3) is 0.333. The van der Waals surface area contributed by atoms with Crippen molar-refractivity contribution in [3.63, 3.8) is 0 Å². The van der Waals surface area contributed by atoms with Gasteiger partial charge in [-0.1, -0.05) is 0 Å². The van der Waals surface area contributed by atoms with Crippen LogP contribution in [0.1, 0.15) is 30.5 Å². The lowest BCUT2D eigenvalue weighted by Gasteiger charge is -2.06. The van der Waals surface area contributed by atoms with Crippen molar-refractivity contribution in [2.24, 2.45) is 5.29 Å². The number of carbonyl (C=O) groups is 2. The van der Waals surface area contributed by atoms with E-state index in [-0.39, 0.29) is 5.56 Å². The fourth-order valence-electron chi connectivity index (χ4n) is 1.31. The summed E-state index contributed by atoms with van der Waals surface area (Å²) < 4.78 is 0. The highest BCUT2D eigenvalue weighted by molar-refractivity contribution is 7.12. The van der Waals surface area contributed by atoms with Crippen LogP contribution < -0.4 is 0 Å². The molecule has 0 saturated carbocycles. The first kappa shape index (κ1) is 11.5. The predicted octanol–water partition coefficient (Wildman–Crippen LogP) is 1.93. The van der Waals surface area contributed by atoms with Crippen molar-refractivity contribution >= 4 is 23.5 Å². The molecule has 0 aromatic carbocycles. The van der Waals surface area contributed by atoms with Crippen LogP contribution >= 0.6 is 11.3 Å². The maximum atomic E-state index is 11.7. The van der Waals surface area contributed by atoms with Crippen LogP contribution in [0.25, 0.3) is 0 Å². The summed E-state index contributed by atoms with van der Waals surface area (Å²) >= 11 is 1.35. The van der Waals surface area contributed by atoms with Crippen LogP contribution in [0.5, 0.6) is 0 Å². The third-order valence-electron chi connectivity index (χ3n) is 2.05. The summed E-state index contributed by atoms with van der Waals surface area (Å²) in [6.45, 7) is 3.49. The Labute approximate surface area is 90.6 Å². The lowest BCUT2D eigenvalue weighted by atomic mass is 10.1. The van der Waals surface area contributed by atoms with Crippen molar-refractivity contribution in [3.8, 4) is 0 Å². The van der Waals surface area contributed by atoms with E-state index in [1.165, 1.54) is 18.4 Å². The Morgan fingerprint density at radius 1 is 1.40 bits per heavy atom. The summed E-state index contributed by atoms with van der Waals surface area (Å²) in [4.78, 5) is 34.2. The van der Waals surface area contributed by atoms with Gasteiger partial charge in [0, 0.05) is 22.4 Å². The number of aryl methyl sites for hydroxylation is 2. The van der Waals surface area contributed by atoms with Gasteiger partial charge in [-0.15, -0.1) is 16.2 Å². The number of hydrogen-bond donors (Lipinski definition) is 0. The highest BCUT2D eigenvalue weighted by Gasteiger charge is 2.22. The molecule has 80 valence electrons.